The van der Waals surface area contributed by atoms with E-state index in [1.807, 2.05) is 0 Å². The van der Waals surface area contributed by atoms with Gasteiger partial charge in [0.1, 0.15) is 0 Å². The van der Waals surface area contributed by atoms with Crippen LogP contribution in [0.2, 0.25) is 0 Å². The first-order valence-electron chi connectivity index (χ1n) is 3.28. The summed E-state index contributed by atoms with van der Waals surface area (Å²) in [5.41, 5.74) is 0.173. The maximum atomic E-state index is 12.9. The molecule has 0 aliphatic carbocycles. The molecule has 0 heterocycles. The Morgan fingerprint density at radius 3 is 2.43 bits per heavy atom. The third-order valence-corrected chi connectivity index (χ3v) is 1.40. The molecule has 0 aromatic heterocycles. The number of rotatable bonds is 1. The molecule has 1 aromatic rings. The molecule has 0 saturated carbocycles. The number of ether oxygens (including phenoxy) is 1. The molecule has 0 saturated heterocycles. The molecule has 1 rings (SSSR count). The first-order chi connectivity index (χ1) is 5.65. The van der Waals surface area contributed by atoms with Gasteiger partial charge >= 0.3 is 69.9 Å². The summed E-state index contributed by atoms with van der Waals surface area (Å²) in [7, 11) is 6.47. The maximum absolute atomic E-state index is 12.9. The molecule has 0 fully saturated rings. The van der Waals surface area contributed by atoms with Crippen molar-refractivity contribution in [2.75, 3.05) is 7.11 Å². The van der Waals surface area contributed by atoms with Crippen molar-refractivity contribution in [3.63, 3.8) is 0 Å². The number of esters is 1. The minimum atomic E-state index is -0.701. The molecular formula is C8H8BFO4. The average Bonchev–Trinajstić information content (AvgIpc) is 2.03. The Kier molecular flexibility index (Phi) is 6.60. The van der Waals surface area contributed by atoms with Crippen LogP contribution < -0.4 is 5.46 Å². The van der Waals surface area contributed by atoms with Crippen molar-refractivity contribution in [2.24, 2.45) is 0 Å². The minimum Gasteiger partial charge on any atom is -0.870 e. The molecule has 2 N–H and O–H groups in total. The van der Waals surface area contributed by atoms with Crippen LogP contribution in [0.15, 0.2) is 18.2 Å². The van der Waals surface area contributed by atoms with E-state index >= 15 is 0 Å². The van der Waals surface area contributed by atoms with Crippen LogP contribution in [0.4, 0.5) is 4.39 Å². The Balaban J connectivity index is 0. The summed E-state index contributed by atoms with van der Waals surface area (Å²) in [6, 6.07) is 3.80. The van der Waals surface area contributed by atoms with Crippen molar-refractivity contribution in [3.8, 4) is 0 Å². The van der Waals surface area contributed by atoms with Gasteiger partial charge < -0.3 is 11.0 Å². The monoisotopic (exact) mass is 198 g/mol. The molecule has 0 atom stereocenters. The first-order valence-corrected chi connectivity index (χ1v) is 3.28. The van der Waals surface area contributed by atoms with Gasteiger partial charge in [-0.1, -0.05) is 0 Å². The van der Waals surface area contributed by atoms with E-state index < -0.39 is 11.8 Å². The van der Waals surface area contributed by atoms with Gasteiger partial charge in [0, 0.05) is 0 Å². The molecule has 0 aliphatic rings. The fourth-order valence-electron chi connectivity index (χ4n) is 0.807. The predicted octanol–water partition coefficient (Wildman–Crippen LogP) is 0.0525. The average molecular weight is 198 g/mol. The van der Waals surface area contributed by atoms with E-state index in [1.54, 1.807) is 0 Å². The van der Waals surface area contributed by atoms with E-state index in [-0.39, 0.29) is 22.0 Å². The van der Waals surface area contributed by atoms with E-state index in [4.69, 9.17) is 7.85 Å². The second kappa shape index (κ2) is 6.12. The summed E-state index contributed by atoms with van der Waals surface area (Å²) in [5, 5.41) is 0. The van der Waals surface area contributed by atoms with Crippen molar-refractivity contribution < 1.29 is 24.9 Å². The Morgan fingerprint density at radius 2 is 2.00 bits per heavy atom. The van der Waals surface area contributed by atoms with E-state index in [2.05, 4.69) is 4.74 Å². The van der Waals surface area contributed by atoms with Crippen LogP contribution in [0.1, 0.15) is 10.4 Å². The van der Waals surface area contributed by atoms with Gasteiger partial charge in [0.05, 0.1) is 0 Å². The van der Waals surface area contributed by atoms with E-state index in [0.29, 0.717) is 0 Å². The van der Waals surface area contributed by atoms with Gasteiger partial charge in [0.2, 0.25) is 0 Å². The molecule has 0 radical (unpaired) electrons. The van der Waals surface area contributed by atoms with E-state index in [0.717, 1.165) is 6.07 Å². The van der Waals surface area contributed by atoms with Crippen LogP contribution >= 0.6 is 0 Å². The van der Waals surface area contributed by atoms with Gasteiger partial charge in [-0.05, 0) is 0 Å². The molecule has 1 aromatic carbocycles. The SMILES string of the molecule is [B+2]c1ccc(C(=O)OC)c(F)c1.[OH-].[OH-]. The molecular weight excluding hydrogens is 190 g/mol. The largest absolute Gasteiger partial charge is 0.870 e. The van der Waals surface area contributed by atoms with Crippen molar-refractivity contribution in [1.82, 2.24) is 0 Å². The smallest absolute Gasteiger partial charge is 0.870 e. The number of halogens is 1. The van der Waals surface area contributed by atoms with Crippen LogP contribution in [-0.2, 0) is 4.74 Å². The molecule has 14 heavy (non-hydrogen) atoms. The van der Waals surface area contributed by atoms with Crippen molar-refractivity contribution in [1.29, 1.82) is 0 Å². The summed E-state index contributed by atoms with van der Waals surface area (Å²) in [6.45, 7) is 0. The van der Waals surface area contributed by atoms with Crippen LogP contribution in [0.25, 0.3) is 0 Å². The van der Waals surface area contributed by atoms with Crippen LogP contribution in [0.5, 0.6) is 0 Å². The van der Waals surface area contributed by atoms with Gasteiger partial charge in [0.25, 0.3) is 0 Å². The number of carbonyl (C=O) groups excluding carboxylic acids is 1. The molecule has 0 bridgehead atoms. The number of benzene rings is 1. The van der Waals surface area contributed by atoms with E-state index in [1.165, 1.54) is 19.2 Å². The summed E-state index contributed by atoms with van der Waals surface area (Å²) in [6.07, 6.45) is 0. The zero-order valence-corrected chi connectivity index (χ0v) is 7.40. The molecule has 74 valence electrons. The molecule has 0 unspecified atom stereocenters. The summed E-state index contributed by atoms with van der Waals surface area (Å²) >= 11 is 0. The Labute approximate surface area is 81.7 Å². The maximum Gasteiger partial charge on any atom is -0.870 e. The number of hydrogen-bond donors (Lipinski definition) is 0. The Hall–Kier alpha value is -1.40. The summed E-state index contributed by atoms with van der Waals surface area (Å²) in [4.78, 5) is 10.8. The summed E-state index contributed by atoms with van der Waals surface area (Å²) < 4.78 is 17.2. The Bertz CT molecular complexity index is 316. The van der Waals surface area contributed by atoms with Crippen molar-refractivity contribution >= 4 is 19.3 Å². The molecule has 0 amide bonds. The number of methoxy groups -OCH3 is 1. The predicted molar refractivity (Wildman–Crippen MR) is 47.0 cm³/mol. The molecule has 4 nitrogen and oxygen atoms in total. The molecule has 0 spiro atoms. The van der Waals surface area contributed by atoms with Gasteiger partial charge in [-0.25, -0.2) is 0 Å². The van der Waals surface area contributed by atoms with Crippen LogP contribution in [-0.4, -0.2) is 31.9 Å². The quantitative estimate of drug-likeness (QED) is 0.471. The topological polar surface area (TPSA) is 86.3 Å². The van der Waals surface area contributed by atoms with Crippen LogP contribution in [0.3, 0.4) is 0 Å². The fourth-order valence-corrected chi connectivity index (χ4v) is 0.807. The second-order valence-electron chi connectivity index (χ2n) is 2.23. The van der Waals surface area contributed by atoms with Crippen LogP contribution in [0, 0.1) is 5.82 Å². The van der Waals surface area contributed by atoms with E-state index in [9.17, 15) is 9.18 Å². The third-order valence-electron chi connectivity index (χ3n) is 1.40. The van der Waals surface area contributed by atoms with Crippen molar-refractivity contribution in [2.45, 2.75) is 0 Å². The fraction of sp³-hybridized carbons (Fsp3) is 0.125. The molecule has 6 heteroatoms. The zero-order valence-electron chi connectivity index (χ0n) is 7.40. The first kappa shape index (κ1) is 15.1. The molecule has 0 aliphatic heterocycles. The number of carbonyl (C=O) groups is 1. The van der Waals surface area contributed by atoms with Gasteiger partial charge in [-0.3, -0.25) is 0 Å². The standard InChI is InChI=1S/C8H6BFO2.2H2O/c1-12-8(11)6-3-2-5(9)4-7(6)10;;/h2-4H,1H3;2*1H2/q+2;;/p-2. The number of hydrogen-bond acceptors (Lipinski definition) is 4. The van der Waals surface area contributed by atoms with Gasteiger partial charge in [-0.15, -0.1) is 0 Å². The summed E-state index contributed by atoms with van der Waals surface area (Å²) in [5.74, 6) is -1.37. The second-order valence-corrected chi connectivity index (χ2v) is 2.23. The minimum absolute atomic E-state index is 0. The van der Waals surface area contributed by atoms with Gasteiger partial charge in [-0.2, -0.15) is 0 Å². The zero-order chi connectivity index (χ0) is 9.14. The Morgan fingerprint density at radius 1 is 1.43 bits per heavy atom. The van der Waals surface area contributed by atoms with Crippen molar-refractivity contribution in [3.05, 3.63) is 29.6 Å². The van der Waals surface area contributed by atoms with Gasteiger partial charge in [0.15, 0.2) is 0 Å². The normalized spacial score (nSPS) is 8.29. The third kappa shape index (κ3) is 3.16.